The molecule has 0 bridgehead atoms. The molecule has 0 unspecified atom stereocenters. The van der Waals surface area contributed by atoms with Crippen LogP contribution < -0.4 is 0 Å². The van der Waals surface area contributed by atoms with Gasteiger partial charge in [-0.1, -0.05) is 12.2 Å². The van der Waals surface area contributed by atoms with Crippen molar-refractivity contribution in [3.8, 4) is 0 Å². The van der Waals surface area contributed by atoms with E-state index in [-0.39, 0.29) is 0 Å². The first-order valence-electron chi connectivity index (χ1n) is 5.08. The fourth-order valence-electron chi connectivity index (χ4n) is 2.52. The van der Waals surface area contributed by atoms with Crippen LogP contribution in [0, 0.1) is 5.41 Å². The van der Waals surface area contributed by atoms with Crippen LogP contribution >= 0.6 is 12.2 Å². The average Bonchev–Trinajstić information content (AvgIpc) is 2.63. The van der Waals surface area contributed by atoms with E-state index >= 15 is 0 Å². The molecule has 0 aromatic heterocycles. The lowest BCUT2D eigenvalue weighted by Crippen LogP contribution is -2.22. The molecule has 2 heterocycles. The summed E-state index contributed by atoms with van der Waals surface area (Å²) in [6, 6.07) is 0.611. The minimum absolute atomic E-state index is 0.380. The van der Waals surface area contributed by atoms with Crippen molar-refractivity contribution in [2.75, 3.05) is 13.2 Å². The Bertz CT molecular complexity index is 217. The maximum absolute atomic E-state index is 5.35. The summed E-state index contributed by atoms with van der Waals surface area (Å²) in [5.41, 5.74) is 0.380. The Balaban J connectivity index is 2.06. The third kappa shape index (κ3) is 1.76. The van der Waals surface area contributed by atoms with Crippen LogP contribution in [0.4, 0.5) is 0 Å². The van der Waals surface area contributed by atoms with Crippen LogP contribution in [0.25, 0.3) is 0 Å². The Morgan fingerprint density at radius 3 is 2.71 bits per heavy atom. The summed E-state index contributed by atoms with van der Waals surface area (Å²) in [5, 5.41) is 0. The standard InChI is InChI=1S/C11H17NOS/c1-3-5-11(6-4-2)7-10-8-13-14-12(10)9-11/h3-4,10H,1-2,5-9H2/t10-/m1/s1. The zero-order valence-electron chi connectivity index (χ0n) is 8.45. The Kier molecular flexibility index (Phi) is 3.00. The highest BCUT2D eigenvalue weighted by atomic mass is 32.2. The average molecular weight is 211 g/mol. The molecule has 2 saturated heterocycles. The molecule has 2 fully saturated rings. The van der Waals surface area contributed by atoms with Crippen molar-refractivity contribution in [1.29, 1.82) is 0 Å². The molecule has 0 spiro atoms. The molecule has 0 aromatic carbocycles. The monoisotopic (exact) mass is 211 g/mol. The van der Waals surface area contributed by atoms with Gasteiger partial charge in [0.15, 0.2) is 0 Å². The number of fused-ring (bicyclic) bond motifs is 1. The lowest BCUT2D eigenvalue weighted by Gasteiger charge is -2.26. The van der Waals surface area contributed by atoms with Crippen LogP contribution in [0.2, 0.25) is 0 Å². The van der Waals surface area contributed by atoms with Gasteiger partial charge in [-0.25, -0.2) is 4.31 Å². The molecule has 2 aliphatic rings. The molecule has 3 heteroatoms. The van der Waals surface area contributed by atoms with Gasteiger partial charge in [0.25, 0.3) is 0 Å². The predicted molar refractivity (Wildman–Crippen MR) is 60.7 cm³/mol. The highest BCUT2D eigenvalue weighted by molar-refractivity contribution is 7.92. The van der Waals surface area contributed by atoms with Gasteiger partial charge in [-0.15, -0.1) is 13.2 Å². The Labute approximate surface area is 90.3 Å². The highest BCUT2D eigenvalue weighted by Gasteiger charge is 2.45. The first-order chi connectivity index (χ1) is 6.79. The molecule has 0 amide bonds. The lowest BCUT2D eigenvalue weighted by molar-refractivity contribution is 0.292. The predicted octanol–water partition coefficient (Wildman–Crippen LogP) is 2.79. The van der Waals surface area contributed by atoms with Gasteiger partial charge in [0.2, 0.25) is 0 Å². The van der Waals surface area contributed by atoms with Gasteiger partial charge in [0.05, 0.1) is 18.8 Å². The summed E-state index contributed by atoms with van der Waals surface area (Å²) in [6.45, 7) is 9.70. The Hall–Kier alpha value is -0.250. The quantitative estimate of drug-likeness (QED) is 0.403. The van der Waals surface area contributed by atoms with Crippen molar-refractivity contribution in [3.05, 3.63) is 25.3 Å². The van der Waals surface area contributed by atoms with Crippen LogP contribution in [0.3, 0.4) is 0 Å². The van der Waals surface area contributed by atoms with Gasteiger partial charge in [-0.05, 0) is 24.7 Å². The normalized spacial score (nSPS) is 30.1. The molecule has 2 rings (SSSR count). The largest absolute Gasteiger partial charge is 0.299 e. The van der Waals surface area contributed by atoms with Crippen LogP contribution in [0.1, 0.15) is 19.3 Å². The molecular weight excluding hydrogens is 194 g/mol. The fraction of sp³-hybridized carbons (Fsp3) is 0.636. The summed E-state index contributed by atoms with van der Waals surface area (Å²) < 4.78 is 7.72. The van der Waals surface area contributed by atoms with E-state index < -0.39 is 0 Å². The second kappa shape index (κ2) is 4.09. The summed E-state index contributed by atoms with van der Waals surface area (Å²) in [6.07, 6.45) is 7.48. The Morgan fingerprint density at radius 2 is 2.14 bits per heavy atom. The van der Waals surface area contributed by atoms with E-state index in [0.717, 1.165) is 26.0 Å². The van der Waals surface area contributed by atoms with Crippen molar-refractivity contribution in [3.63, 3.8) is 0 Å². The number of nitrogens with zero attached hydrogens (tertiary/aromatic N) is 1. The zero-order valence-corrected chi connectivity index (χ0v) is 9.26. The van der Waals surface area contributed by atoms with Gasteiger partial charge in [-0.2, -0.15) is 0 Å². The van der Waals surface area contributed by atoms with Crippen molar-refractivity contribution < 1.29 is 4.18 Å². The van der Waals surface area contributed by atoms with E-state index in [2.05, 4.69) is 17.5 Å². The third-order valence-electron chi connectivity index (χ3n) is 3.13. The maximum atomic E-state index is 5.35. The second-order valence-electron chi connectivity index (χ2n) is 4.28. The minimum Gasteiger partial charge on any atom is -0.299 e. The van der Waals surface area contributed by atoms with E-state index in [0.29, 0.717) is 11.5 Å². The third-order valence-corrected chi connectivity index (χ3v) is 3.99. The first-order valence-corrected chi connectivity index (χ1v) is 5.77. The molecule has 0 aromatic rings. The Morgan fingerprint density at radius 1 is 1.43 bits per heavy atom. The fourth-order valence-corrected chi connectivity index (χ4v) is 3.46. The molecule has 14 heavy (non-hydrogen) atoms. The van der Waals surface area contributed by atoms with Crippen LogP contribution in [0.15, 0.2) is 25.3 Å². The number of rotatable bonds is 4. The molecule has 2 nitrogen and oxygen atoms in total. The lowest BCUT2D eigenvalue weighted by atomic mass is 9.79. The summed E-state index contributed by atoms with van der Waals surface area (Å²) in [4.78, 5) is 0. The van der Waals surface area contributed by atoms with E-state index in [1.54, 1.807) is 0 Å². The van der Waals surface area contributed by atoms with E-state index in [1.807, 2.05) is 12.2 Å². The van der Waals surface area contributed by atoms with Gasteiger partial charge in [-0.3, -0.25) is 4.18 Å². The number of hydrogen-bond donors (Lipinski definition) is 0. The van der Waals surface area contributed by atoms with Crippen LogP contribution in [-0.4, -0.2) is 23.5 Å². The van der Waals surface area contributed by atoms with E-state index in [4.69, 9.17) is 4.18 Å². The smallest absolute Gasteiger partial charge is 0.0823 e. The topological polar surface area (TPSA) is 12.5 Å². The maximum Gasteiger partial charge on any atom is 0.0823 e. The molecule has 0 aliphatic carbocycles. The van der Waals surface area contributed by atoms with Crippen molar-refractivity contribution in [1.82, 2.24) is 4.31 Å². The van der Waals surface area contributed by atoms with Gasteiger partial charge in [0.1, 0.15) is 0 Å². The van der Waals surface area contributed by atoms with Crippen LogP contribution in [-0.2, 0) is 4.18 Å². The molecule has 2 aliphatic heterocycles. The SMILES string of the molecule is C=CCC1(CC=C)C[C@@H]2COSN2C1. The first kappa shape index (κ1) is 10.3. The van der Waals surface area contributed by atoms with Gasteiger partial charge in [0, 0.05) is 12.6 Å². The molecular formula is C11H17NOS. The molecule has 0 radical (unpaired) electrons. The summed E-state index contributed by atoms with van der Waals surface area (Å²) >= 11 is 1.53. The molecule has 1 atom stereocenters. The van der Waals surface area contributed by atoms with Crippen LogP contribution in [0.5, 0.6) is 0 Å². The zero-order chi connectivity index (χ0) is 10.0. The summed E-state index contributed by atoms with van der Waals surface area (Å²) in [5.74, 6) is 0. The van der Waals surface area contributed by atoms with Crippen molar-refractivity contribution >= 4 is 12.2 Å². The van der Waals surface area contributed by atoms with Crippen molar-refractivity contribution in [2.45, 2.75) is 25.3 Å². The molecule has 0 N–H and O–H groups in total. The van der Waals surface area contributed by atoms with Gasteiger partial charge < -0.3 is 0 Å². The molecule has 78 valence electrons. The minimum atomic E-state index is 0.380. The molecule has 0 saturated carbocycles. The second-order valence-corrected chi connectivity index (χ2v) is 5.13. The summed E-state index contributed by atoms with van der Waals surface area (Å²) in [7, 11) is 0. The highest BCUT2D eigenvalue weighted by Crippen LogP contribution is 2.47. The van der Waals surface area contributed by atoms with E-state index in [1.165, 1.54) is 18.6 Å². The van der Waals surface area contributed by atoms with E-state index in [9.17, 15) is 0 Å². The number of allylic oxidation sites excluding steroid dienone is 2. The van der Waals surface area contributed by atoms with Crippen molar-refractivity contribution in [2.24, 2.45) is 5.41 Å². The van der Waals surface area contributed by atoms with Gasteiger partial charge >= 0.3 is 0 Å². The number of hydrogen-bond acceptors (Lipinski definition) is 3.